The molecular formula is C11H17BrN2O. The zero-order chi connectivity index (χ0) is 11.4. The average Bonchev–Trinajstić information content (AvgIpc) is 2.21. The van der Waals surface area contributed by atoms with Gasteiger partial charge in [0.15, 0.2) is 0 Å². The average molecular weight is 273 g/mol. The van der Waals surface area contributed by atoms with E-state index in [9.17, 15) is 5.11 Å². The van der Waals surface area contributed by atoms with E-state index in [-0.39, 0.29) is 6.10 Å². The molecule has 4 N–H and O–H groups in total. The predicted octanol–water partition coefficient (Wildman–Crippen LogP) is 2.52. The minimum Gasteiger partial charge on any atom is -0.398 e. The Labute approximate surface area is 98.8 Å². The number of nitrogens with one attached hydrogen (secondary N) is 1. The zero-order valence-corrected chi connectivity index (χ0v) is 10.6. The van der Waals surface area contributed by atoms with Crippen molar-refractivity contribution in [3.8, 4) is 0 Å². The molecule has 15 heavy (non-hydrogen) atoms. The van der Waals surface area contributed by atoms with Crippen molar-refractivity contribution in [2.45, 2.75) is 26.4 Å². The number of nitrogen functional groups attached to an aromatic ring is 1. The number of aliphatic hydroxyl groups excluding tert-OH is 1. The van der Waals surface area contributed by atoms with Gasteiger partial charge in [-0.05, 0) is 47.0 Å². The lowest BCUT2D eigenvalue weighted by atomic mass is 10.2. The van der Waals surface area contributed by atoms with E-state index in [1.54, 1.807) is 0 Å². The molecule has 84 valence electrons. The number of anilines is 2. The van der Waals surface area contributed by atoms with Crippen LogP contribution in [0.5, 0.6) is 0 Å². The van der Waals surface area contributed by atoms with Gasteiger partial charge in [-0.2, -0.15) is 0 Å². The highest BCUT2D eigenvalue weighted by Crippen LogP contribution is 2.27. The van der Waals surface area contributed by atoms with Crippen LogP contribution < -0.4 is 11.1 Å². The molecule has 1 aromatic carbocycles. The smallest absolute Gasteiger partial charge is 0.0709 e. The number of aliphatic hydroxyl groups is 1. The third kappa shape index (κ3) is 3.39. The summed E-state index contributed by atoms with van der Waals surface area (Å²) in [6.07, 6.45) is 0.438. The highest BCUT2D eigenvalue weighted by atomic mass is 79.9. The van der Waals surface area contributed by atoms with Crippen molar-refractivity contribution >= 4 is 27.3 Å². The lowest BCUT2D eigenvalue weighted by molar-refractivity contribution is 0.183. The molecule has 1 aromatic rings. The largest absolute Gasteiger partial charge is 0.398 e. The molecule has 0 aliphatic rings. The van der Waals surface area contributed by atoms with E-state index in [0.29, 0.717) is 6.54 Å². The molecule has 0 bridgehead atoms. The summed E-state index contributed by atoms with van der Waals surface area (Å²) >= 11 is 3.43. The van der Waals surface area contributed by atoms with Gasteiger partial charge in [-0.3, -0.25) is 0 Å². The molecule has 4 heteroatoms. The minimum absolute atomic E-state index is 0.310. The van der Waals surface area contributed by atoms with Gasteiger partial charge in [0.05, 0.1) is 6.10 Å². The van der Waals surface area contributed by atoms with Gasteiger partial charge in [-0.1, -0.05) is 6.92 Å². The number of hydrogen-bond acceptors (Lipinski definition) is 3. The molecule has 0 saturated heterocycles. The summed E-state index contributed by atoms with van der Waals surface area (Å²) in [5.41, 5.74) is 8.53. The van der Waals surface area contributed by atoms with E-state index in [1.807, 2.05) is 26.0 Å². The van der Waals surface area contributed by atoms with Gasteiger partial charge < -0.3 is 16.2 Å². The summed E-state index contributed by atoms with van der Waals surface area (Å²) in [7, 11) is 0. The summed E-state index contributed by atoms with van der Waals surface area (Å²) in [6.45, 7) is 4.47. The summed E-state index contributed by atoms with van der Waals surface area (Å²) in [6, 6.07) is 3.85. The molecule has 3 nitrogen and oxygen atoms in total. The van der Waals surface area contributed by atoms with Crippen LogP contribution in [0.2, 0.25) is 0 Å². The normalized spacial score (nSPS) is 12.5. The van der Waals surface area contributed by atoms with Crippen molar-refractivity contribution in [2.75, 3.05) is 17.6 Å². The van der Waals surface area contributed by atoms with Gasteiger partial charge in [0.2, 0.25) is 0 Å². The molecule has 0 amide bonds. The topological polar surface area (TPSA) is 58.3 Å². The molecule has 0 radical (unpaired) electrons. The van der Waals surface area contributed by atoms with Gasteiger partial charge in [0.1, 0.15) is 0 Å². The molecule has 1 atom stereocenters. The Morgan fingerprint density at radius 1 is 1.53 bits per heavy atom. The quantitative estimate of drug-likeness (QED) is 0.739. The fraction of sp³-hybridized carbons (Fsp3) is 0.455. The molecule has 0 spiro atoms. The van der Waals surface area contributed by atoms with Crippen LogP contribution in [0.15, 0.2) is 16.6 Å². The van der Waals surface area contributed by atoms with Gasteiger partial charge in [0, 0.05) is 22.4 Å². The van der Waals surface area contributed by atoms with Crippen molar-refractivity contribution in [2.24, 2.45) is 0 Å². The third-order valence-electron chi connectivity index (χ3n) is 2.36. The molecule has 1 unspecified atom stereocenters. The number of rotatable bonds is 4. The molecule has 0 aliphatic carbocycles. The Balaban J connectivity index is 2.73. The number of hydrogen-bond donors (Lipinski definition) is 3. The molecule has 0 saturated carbocycles. The van der Waals surface area contributed by atoms with Crippen molar-refractivity contribution < 1.29 is 5.11 Å². The Morgan fingerprint density at radius 2 is 2.20 bits per heavy atom. The Morgan fingerprint density at radius 3 is 2.80 bits per heavy atom. The maximum absolute atomic E-state index is 9.43. The van der Waals surface area contributed by atoms with E-state index in [0.717, 1.165) is 27.8 Å². The van der Waals surface area contributed by atoms with Crippen molar-refractivity contribution in [3.63, 3.8) is 0 Å². The van der Waals surface area contributed by atoms with Crippen LogP contribution >= 0.6 is 15.9 Å². The minimum atomic E-state index is -0.310. The van der Waals surface area contributed by atoms with Gasteiger partial charge in [0.25, 0.3) is 0 Å². The van der Waals surface area contributed by atoms with Crippen LogP contribution in [0.3, 0.4) is 0 Å². The van der Waals surface area contributed by atoms with Crippen LogP contribution in [-0.4, -0.2) is 17.8 Å². The van der Waals surface area contributed by atoms with Gasteiger partial charge >= 0.3 is 0 Å². The molecular weight excluding hydrogens is 256 g/mol. The first-order valence-electron chi connectivity index (χ1n) is 5.02. The number of benzene rings is 1. The van der Waals surface area contributed by atoms with E-state index in [4.69, 9.17) is 5.73 Å². The zero-order valence-electron chi connectivity index (χ0n) is 9.05. The highest BCUT2D eigenvalue weighted by Gasteiger charge is 2.05. The maximum Gasteiger partial charge on any atom is 0.0709 e. The second kappa shape index (κ2) is 5.37. The first-order valence-corrected chi connectivity index (χ1v) is 5.81. The second-order valence-electron chi connectivity index (χ2n) is 3.63. The summed E-state index contributed by atoms with van der Waals surface area (Å²) in [5, 5.41) is 12.6. The summed E-state index contributed by atoms with van der Waals surface area (Å²) in [5.74, 6) is 0. The second-order valence-corrected chi connectivity index (χ2v) is 4.49. The van der Waals surface area contributed by atoms with E-state index >= 15 is 0 Å². The third-order valence-corrected chi connectivity index (χ3v) is 3.01. The Hall–Kier alpha value is -0.740. The molecule has 0 aromatic heterocycles. The van der Waals surface area contributed by atoms with Crippen LogP contribution in [0.4, 0.5) is 11.4 Å². The highest BCUT2D eigenvalue weighted by molar-refractivity contribution is 9.10. The van der Waals surface area contributed by atoms with Crippen LogP contribution in [0.25, 0.3) is 0 Å². The molecule has 1 rings (SSSR count). The first-order chi connectivity index (χ1) is 7.04. The van der Waals surface area contributed by atoms with Crippen molar-refractivity contribution in [1.29, 1.82) is 0 Å². The predicted molar refractivity (Wildman–Crippen MR) is 68.1 cm³/mol. The number of aryl methyl sites for hydroxylation is 1. The maximum atomic E-state index is 9.43. The number of nitrogens with two attached hydrogens (primary N) is 1. The standard InChI is InChI=1S/C11H17BrN2O/c1-3-8(15)6-14-11-4-7(2)10(13)5-9(11)12/h4-5,8,14-15H,3,6,13H2,1-2H3. The summed E-state index contributed by atoms with van der Waals surface area (Å²) < 4.78 is 0.925. The molecule has 0 heterocycles. The van der Waals surface area contributed by atoms with Crippen LogP contribution in [-0.2, 0) is 0 Å². The first kappa shape index (κ1) is 12.3. The monoisotopic (exact) mass is 272 g/mol. The Kier molecular flexibility index (Phi) is 4.42. The summed E-state index contributed by atoms with van der Waals surface area (Å²) in [4.78, 5) is 0. The number of halogens is 1. The van der Waals surface area contributed by atoms with E-state index < -0.39 is 0 Å². The lowest BCUT2D eigenvalue weighted by Crippen LogP contribution is -2.18. The van der Waals surface area contributed by atoms with Crippen molar-refractivity contribution in [1.82, 2.24) is 0 Å². The lowest BCUT2D eigenvalue weighted by Gasteiger charge is -2.13. The molecule has 0 aliphatic heterocycles. The fourth-order valence-electron chi connectivity index (χ4n) is 1.20. The fourth-order valence-corrected chi connectivity index (χ4v) is 1.71. The Bertz CT molecular complexity index is 342. The van der Waals surface area contributed by atoms with Crippen LogP contribution in [0.1, 0.15) is 18.9 Å². The molecule has 0 fully saturated rings. The SMILES string of the molecule is CCC(O)CNc1cc(C)c(N)cc1Br. The van der Waals surface area contributed by atoms with Gasteiger partial charge in [-0.15, -0.1) is 0 Å². The van der Waals surface area contributed by atoms with Crippen LogP contribution in [0, 0.1) is 6.92 Å². The van der Waals surface area contributed by atoms with E-state index in [2.05, 4.69) is 21.2 Å². The van der Waals surface area contributed by atoms with Crippen molar-refractivity contribution in [3.05, 3.63) is 22.2 Å². The van der Waals surface area contributed by atoms with Gasteiger partial charge in [-0.25, -0.2) is 0 Å². The van der Waals surface area contributed by atoms with E-state index in [1.165, 1.54) is 0 Å².